The zero-order chi connectivity index (χ0) is 11.5. The lowest BCUT2D eigenvalue weighted by Gasteiger charge is -2.00. The summed E-state index contributed by atoms with van der Waals surface area (Å²) in [5, 5.41) is 2.59. The summed E-state index contributed by atoms with van der Waals surface area (Å²) in [6, 6.07) is 1.48. The Bertz CT molecular complexity index is 576. The first kappa shape index (κ1) is 10.4. The molecule has 2 aromatic rings. The minimum atomic E-state index is -0.527. The average molecular weight is 240 g/mol. The van der Waals surface area contributed by atoms with Crippen molar-refractivity contribution < 1.29 is 4.79 Å². The number of nitrogens with zero attached hydrogens (tertiary/aromatic N) is 2. The minimum Gasteiger partial charge on any atom is -0.312 e. The molecule has 0 bridgehead atoms. The van der Waals surface area contributed by atoms with Crippen LogP contribution < -0.4 is 11.0 Å². The Morgan fingerprint density at radius 1 is 1.50 bits per heavy atom. The molecule has 0 unspecified atom stereocenters. The van der Waals surface area contributed by atoms with Gasteiger partial charge in [0.2, 0.25) is 5.95 Å². The van der Waals surface area contributed by atoms with E-state index < -0.39 is 11.6 Å². The number of anilines is 1. The van der Waals surface area contributed by atoms with Crippen molar-refractivity contribution in [1.29, 1.82) is 0 Å². The molecule has 82 valence electrons. The molecule has 0 aliphatic heterocycles. The van der Waals surface area contributed by atoms with Gasteiger partial charge in [0.05, 0.1) is 0 Å². The first-order valence-electron chi connectivity index (χ1n) is 4.23. The zero-order valence-electron chi connectivity index (χ0n) is 7.82. The third kappa shape index (κ3) is 2.26. The van der Waals surface area contributed by atoms with E-state index in [-0.39, 0.29) is 16.8 Å². The van der Waals surface area contributed by atoms with Gasteiger partial charge in [0.1, 0.15) is 10.8 Å². The van der Waals surface area contributed by atoms with Gasteiger partial charge >= 0.3 is 5.69 Å². The molecule has 2 heterocycles. The van der Waals surface area contributed by atoms with Crippen LogP contribution in [0.2, 0.25) is 5.15 Å². The number of aromatic amines is 2. The normalized spacial score (nSPS) is 10.1. The Kier molecular flexibility index (Phi) is 2.69. The predicted molar refractivity (Wildman–Crippen MR) is 56.4 cm³/mol. The van der Waals surface area contributed by atoms with Crippen LogP contribution in [0.25, 0.3) is 0 Å². The molecule has 16 heavy (non-hydrogen) atoms. The van der Waals surface area contributed by atoms with Crippen molar-refractivity contribution in [3.05, 3.63) is 39.8 Å². The number of nitrogens with one attached hydrogen (secondary N) is 3. The van der Waals surface area contributed by atoms with Crippen LogP contribution in [-0.2, 0) is 0 Å². The summed E-state index contributed by atoms with van der Waals surface area (Å²) in [4.78, 5) is 34.4. The Balaban J connectivity index is 2.16. The van der Waals surface area contributed by atoms with Crippen LogP contribution >= 0.6 is 11.6 Å². The molecule has 2 rings (SSSR count). The summed E-state index contributed by atoms with van der Waals surface area (Å²) < 4.78 is 0. The molecule has 0 saturated heterocycles. The zero-order valence-corrected chi connectivity index (χ0v) is 8.58. The van der Waals surface area contributed by atoms with Gasteiger partial charge in [-0.1, -0.05) is 11.6 Å². The molecule has 7 nitrogen and oxygen atoms in total. The maximum Gasteiger partial charge on any atom is 0.323 e. The van der Waals surface area contributed by atoms with E-state index >= 15 is 0 Å². The quantitative estimate of drug-likeness (QED) is 0.660. The van der Waals surface area contributed by atoms with Crippen molar-refractivity contribution in [2.24, 2.45) is 0 Å². The maximum atomic E-state index is 11.5. The van der Waals surface area contributed by atoms with E-state index in [0.29, 0.717) is 0 Å². The van der Waals surface area contributed by atoms with Gasteiger partial charge in [-0.15, -0.1) is 0 Å². The fourth-order valence-electron chi connectivity index (χ4n) is 1.02. The van der Waals surface area contributed by atoms with E-state index in [2.05, 4.69) is 25.3 Å². The molecule has 8 heteroatoms. The number of carbonyl (C=O) groups is 1. The molecule has 2 aromatic heterocycles. The number of carbonyl (C=O) groups excluding carboxylic acids is 1. The Morgan fingerprint density at radius 3 is 2.94 bits per heavy atom. The van der Waals surface area contributed by atoms with E-state index in [9.17, 15) is 9.59 Å². The highest BCUT2D eigenvalue weighted by Gasteiger charge is 2.09. The van der Waals surface area contributed by atoms with Crippen LogP contribution in [-0.4, -0.2) is 25.8 Å². The number of halogens is 1. The predicted octanol–water partition coefficient (Wildman–Crippen LogP) is 0.399. The summed E-state index contributed by atoms with van der Waals surface area (Å²) >= 11 is 5.61. The second kappa shape index (κ2) is 4.15. The van der Waals surface area contributed by atoms with Crippen molar-refractivity contribution in [3.8, 4) is 0 Å². The molecular weight excluding hydrogens is 234 g/mol. The van der Waals surface area contributed by atoms with E-state index in [1.54, 1.807) is 0 Å². The van der Waals surface area contributed by atoms with Crippen LogP contribution in [0.15, 0.2) is 23.3 Å². The monoisotopic (exact) mass is 239 g/mol. The van der Waals surface area contributed by atoms with Gasteiger partial charge in [0, 0.05) is 12.4 Å². The molecule has 0 atom stereocenters. The standard InChI is InChI=1S/C8H6ClN5O2/c9-5-1-2-10-7(13-5)14-6(15)4-3-11-8(16)12-4/h1-3H,(H2,11,12,16)(H,10,13,14,15). The van der Waals surface area contributed by atoms with E-state index in [1.165, 1.54) is 18.5 Å². The highest BCUT2D eigenvalue weighted by Crippen LogP contribution is 2.06. The summed E-state index contributed by atoms with van der Waals surface area (Å²) in [5.74, 6) is -0.458. The lowest BCUT2D eigenvalue weighted by molar-refractivity contribution is 0.102. The first-order valence-corrected chi connectivity index (χ1v) is 4.60. The minimum absolute atomic E-state index is 0.0690. The smallest absolute Gasteiger partial charge is 0.312 e. The van der Waals surface area contributed by atoms with Gasteiger partial charge in [0.25, 0.3) is 5.91 Å². The van der Waals surface area contributed by atoms with Crippen LogP contribution in [0.5, 0.6) is 0 Å². The second-order valence-electron chi connectivity index (χ2n) is 2.81. The van der Waals surface area contributed by atoms with Crippen LogP contribution in [0.3, 0.4) is 0 Å². The molecule has 0 radical (unpaired) electrons. The van der Waals surface area contributed by atoms with Crippen molar-refractivity contribution in [2.45, 2.75) is 0 Å². The molecule has 0 aromatic carbocycles. The van der Waals surface area contributed by atoms with E-state index in [4.69, 9.17) is 11.6 Å². The van der Waals surface area contributed by atoms with Gasteiger partial charge in [-0.05, 0) is 6.07 Å². The van der Waals surface area contributed by atoms with Gasteiger partial charge < -0.3 is 9.97 Å². The molecule has 0 aliphatic rings. The summed E-state index contributed by atoms with van der Waals surface area (Å²) in [6.45, 7) is 0. The first-order chi connectivity index (χ1) is 7.65. The molecule has 0 spiro atoms. The van der Waals surface area contributed by atoms with Crippen molar-refractivity contribution in [3.63, 3.8) is 0 Å². The highest BCUT2D eigenvalue weighted by atomic mass is 35.5. The summed E-state index contributed by atoms with van der Waals surface area (Å²) in [6.07, 6.45) is 2.66. The van der Waals surface area contributed by atoms with Crippen molar-refractivity contribution >= 4 is 23.5 Å². The lowest BCUT2D eigenvalue weighted by Crippen LogP contribution is -2.15. The number of amides is 1. The largest absolute Gasteiger partial charge is 0.323 e. The average Bonchev–Trinajstić information content (AvgIpc) is 2.65. The van der Waals surface area contributed by atoms with Crippen LogP contribution in [0.1, 0.15) is 10.5 Å². The fourth-order valence-corrected chi connectivity index (χ4v) is 1.16. The van der Waals surface area contributed by atoms with Gasteiger partial charge in [-0.25, -0.2) is 14.8 Å². The number of hydrogen-bond donors (Lipinski definition) is 3. The fraction of sp³-hybridized carbons (Fsp3) is 0. The summed E-state index contributed by atoms with van der Waals surface area (Å²) in [7, 11) is 0. The molecule has 0 saturated carbocycles. The van der Waals surface area contributed by atoms with Crippen molar-refractivity contribution in [1.82, 2.24) is 19.9 Å². The molecule has 0 fully saturated rings. The van der Waals surface area contributed by atoms with Crippen LogP contribution in [0, 0.1) is 0 Å². The molecular formula is C8H6ClN5O2. The van der Waals surface area contributed by atoms with Gasteiger partial charge in [0.15, 0.2) is 0 Å². The third-order valence-electron chi connectivity index (χ3n) is 1.69. The van der Waals surface area contributed by atoms with Gasteiger partial charge in [-0.2, -0.15) is 0 Å². The molecule has 3 N–H and O–H groups in total. The Hall–Kier alpha value is -2.15. The molecule has 0 aliphatic carbocycles. The number of hydrogen-bond acceptors (Lipinski definition) is 4. The SMILES string of the molecule is O=C(Nc1nccc(Cl)n1)c1c[nH]c(=O)[nH]1. The van der Waals surface area contributed by atoms with Crippen molar-refractivity contribution in [2.75, 3.05) is 5.32 Å². The summed E-state index contributed by atoms with van der Waals surface area (Å²) in [5.41, 5.74) is -0.370. The van der Waals surface area contributed by atoms with Crippen LogP contribution in [0.4, 0.5) is 5.95 Å². The maximum absolute atomic E-state index is 11.5. The molecule has 1 amide bonds. The topological polar surface area (TPSA) is 104 Å². The number of H-pyrrole nitrogens is 2. The Labute approximate surface area is 93.9 Å². The van der Waals surface area contributed by atoms with E-state index in [0.717, 1.165) is 0 Å². The third-order valence-corrected chi connectivity index (χ3v) is 1.90. The van der Waals surface area contributed by atoms with E-state index in [1.807, 2.05) is 0 Å². The van der Waals surface area contributed by atoms with Gasteiger partial charge in [-0.3, -0.25) is 10.1 Å². The number of rotatable bonds is 2. The number of imidazole rings is 1. The second-order valence-corrected chi connectivity index (χ2v) is 3.20. The Morgan fingerprint density at radius 2 is 2.31 bits per heavy atom. The lowest BCUT2D eigenvalue weighted by atomic mass is 10.4. The highest BCUT2D eigenvalue weighted by molar-refractivity contribution is 6.29. The number of aromatic nitrogens is 4.